The highest BCUT2D eigenvalue weighted by Gasteiger charge is 2.30. The number of methoxy groups -OCH3 is 1. The fraction of sp³-hybridized carbons (Fsp3) is 1.00. The van der Waals surface area contributed by atoms with Crippen LogP contribution in [-0.4, -0.2) is 43.3 Å². The second-order valence-corrected chi connectivity index (χ2v) is 7.78. The van der Waals surface area contributed by atoms with E-state index in [-0.39, 0.29) is 12.1 Å². The van der Waals surface area contributed by atoms with Gasteiger partial charge in [-0.1, -0.05) is 78.1 Å². The zero-order valence-electron chi connectivity index (χ0n) is 16.8. The summed E-state index contributed by atoms with van der Waals surface area (Å²) in [5.74, 6) is 0. The minimum Gasteiger partial charge on any atom is -0.379 e. The first-order chi connectivity index (χ1) is 11.7. The average molecular weight is 341 g/mol. The maximum absolute atomic E-state index is 6.21. The summed E-state index contributed by atoms with van der Waals surface area (Å²) in [5, 5.41) is 0. The van der Waals surface area contributed by atoms with Gasteiger partial charge < -0.3 is 10.5 Å². The third-order valence-electron chi connectivity index (χ3n) is 5.74. The third-order valence-corrected chi connectivity index (χ3v) is 5.74. The van der Waals surface area contributed by atoms with Gasteiger partial charge in [-0.2, -0.15) is 0 Å². The highest BCUT2D eigenvalue weighted by molar-refractivity contribution is 4.87. The number of rotatable bonds is 14. The lowest BCUT2D eigenvalue weighted by Crippen LogP contribution is -2.54. The minimum absolute atomic E-state index is 0.223. The Morgan fingerprint density at radius 3 is 1.96 bits per heavy atom. The van der Waals surface area contributed by atoms with E-state index < -0.39 is 0 Å². The Labute approximate surface area is 151 Å². The van der Waals surface area contributed by atoms with Crippen molar-refractivity contribution in [2.24, 2.45) is 5.73 Å². The molecule has 1 rings (SSSR count). The van der Waals surface area contributed by atoms with Crippen molar-refractivity contribution in [3.05, 3.63) is 0 Å². The molecule has 0 aromatic rings. The fourth-order valence-electron chi connectivity index (χ4n) is 4.02. The van der Waals surface area contributed by atoms with Crippen LogP contribution in [0, 0.1) is 0 Å². The molecule has 0 bridgehead atoms. The Morgan fingerprint density at radius 1 is 0.917 bits per heavy atom. The molecular formula is C21H44N2O. The van der Waals surface area contributed by atoms with E-state index in [1.54, 1.807) is 0 Å². The monoisotopic (exact) mass is 340 g/mol. The summed E-state index contributed by atoms with van der Waals surface area (Å²) in [7, 11) is 1.82. The Balaban J connectivity index is 2.40. The Kier molecular flexibility index (Phi) is 12.9. The molecule has 1 aliphatic rings. The lowest BCUT2D eigenvalue weighted by atomic mass is 9.95. The molecule has 24 heavy (non-hydrogen) atoms. The predicted molar refractivity (Wildman–Crippen MR) is 106 cm³/mol. The van der Waals surface area contributed by atoms with E-state index >= 15 is 0 Å². The second-order valence-electron chi connectivity index (χ2n) is 7.78. The van der Waals surface area contributed by atoms with Gasteiger partial charge >= 0.3 is 0 Å². The maximum Gasteiger partial charge on any atom is 0.0849 e. The summed E-state index contributed by atoms with van der Waals surface area (Å²) in [5.41, 5.74) is 6.21. The van der Waals surface area contributed by atoms with E-state index in [1.807, 2.05) is 7.11 Å². The summed E-state index contributed by atoms with van der Waals surface area (Å²) in [6.45, 7) is 6.78. The van der Waals surface area contributed by atoms with Crippen molar-refractivity contribution in [2.45, 2.75) is 116 Å². The molecule has 1 saturated heterocycles. The molecule has 1 heterocycles. The normalized spacial score (nSPS) is 22.4. The standard InChI is InChI=1S/C21H44N2O/c1-4-6-8-10-12-14-19(15-13-11-9-7-5-2)23-17-16-20(22)21(18-23)24-3/h19-21H,4-18,22H2,1-3H3/t20-,21+/m0/s1. The molecule has 2 atom stereocenters. The van der Waals surface area contributed by atoms with Gasteiger partial charge in [-0.15, -0.1) is 0 Å². The Bertz CT molecular complexity index is 271. The van der Waals surface area contributed by atoms with Crippen molar-refractivity contribution in [3.63, 3.8) is 0 Å². The van der Waals surface area contributed by atoms with Gasteiger partial charge in [0.05, 0.1) is 6.10 Å². The van der Waals surface area contributed by atoms with Crippen LogP contribution in [0.1, 0.15) is 97.3 Å². The molecule has 1 aliphatic heterocycles. The number of ether oxygens (including phenoxy) is 1. The van der Waals surface area contributed by atoms with Crippen LogP contribution in [0.4, 0.5) is 0 Å². The molecule has 0 spiro atoms. The smallest absolute Gasteiger partial charge is 0.0849 e. The molecule has 0 amide bonds. The van der Waals surface area contributed by atoms with Crippen molar-refractivity contribution < 1.29 is 4.74 Å². The Morgan fingerprint density at radius 2 is 1.46 bits per heavy atom. The number of hydrogen-bond acceptors (Lipinski definition) is 3. The third kappa shape index (κ3) is 8.82. The van der Waals surface area contributed by atoms with Crippen LogP contribution in [-0.2, 0) is 4.74 Å². The zero-order chi connectivity index (χ0) is 17.6. The molecule has 144 valence electrons. The lowest BCUT2D eigenvalue weighted by Gasteiger charge is -2.40. The van der Waals surface area contributed by atoms with E-state index in [0.717, 1.165) is 25.6 Å². The molecule has 1 fully saturated rings. The van der Waals surface area contributed by atoms with Crippen LogP contribution < -0.4 is 5.73 Å². The van der Waals surface area contributed by atoms with Gasteiger partial charge in [0.25, 0.3) is 0 Å². The minimum atomic E-state index is 0.223. The quantitative estimate of drug-likeness (QED) is 0.446. The highest BCUT2D eigenvalue weighted by Crippen LogP contribution is 2.22. The number of nitrogens with two attached hydrogens (primary N) is 1. The topological polar surface area (TPSA) is 38.5 Å². The summed E-state index contributed by atoms with van der Waals surface area (Å²) in [6, 6.07) is 0.972. The Hall–Kier alpha value is -0.120. The summed E-state index contributed by atoms with van der Waals surface area (Å²) in [4.78, 5) is 2.69. The van der Waals surface area contributed by atoms with Gasteiger partial charge in [0, 0.05) is 32.3 Å². The summed E-state index contributed by atoms with van der Waals surface area (Å²) in [6.07, 6.45) is 17.9. The molecule has 0 saturated carbocycles. The number of piperidine rings is 1. The van der Waals surface area contributed by atoms with Gasteiger partial charge in [0.1, 0.15) is 0 Å². The number of unbranched alkanes of at least 4 members (excludes halogenated alkanes) is 8. The van der Waals surface area contributed by atoms with Crippen LogP contribution in [0.2, 0.25) is 0 Å². The molecule has 0 unspecified atom stereocenters. The molecular weight excluding hydrogens is 296 g/mol. The summed E-state index contributed by atoms with van der Waals surface area (Å²) < 4.78 is 5.63. The number of hydrogen-bond donors (Lipinski definition) is 1. The first-order valence-corrected chi connectivity index (χ1v) is 10.7. The lowest BCUT2D eigenvalue weighted by molar-refractivity contribution is -0.00242. The summed E-state index contributed by atoms with van der Waals surface area (Å²) >= 11 is 0. The van der Waals surface area contributed by atoms with Crippen molar-refractivity contribution in [2.75, 3.05) is 20.2 Å². The second kappa shape index (κ2) is 14.1. The molecule has 0 aromatic carbocycles. The van der Waals surface area contributed by atoms with E-state index in [4.69, 9.17) is 10.5 Å². The van der Waals surface area contributed by atoms with E-state index in [2.05, 4.69) is 18.7 Å². The van der Waals surface area contributed by atoms with E-state index in [0.29, 0.717) is 0 Å². The predicted octanol–water partition coefficient (Wildman–Crippen LogP) is 5.12. The zero-order valence-corrected chi connectivity index (χ0v) is 16.8. The van der Waals surface area contributed by atoms with Crippen molar-refractivity contribution in [1.29, 1.82) is 0 Å². The highest BCUT2D eigenvalue weighted by atomic mass is 16.5. The SMILES string of the molecule is CCCCCCCC(CCCCCCC)N1CC[C@H](N)[C@H](OC)C1. The van der Waals surface area contributed by atoms with Crippen LogP contribution in [0.15, 0.2) is 0 Å². The van der Waals surface area contributed by atoms with Crippen molar-refractivity contribution >= 4 is 0 Å². The van der Waals surface area contributed by atoms with Gasteiger partial charge in [-0.3, -0.25) is 4.90 Å². The molecule has 0 radical (unpaired) electrons. The van der Waals surface area contributed by atoms with Gasteiger partial charge in [-0.25, -0.2) is 0 Å². The average Bonchev–Trinajstić information content (AvgIpc) is 2.60. The van der Waals surface area contributed by atoms with E-state index in [1.165, 1.54) is 77.0 Å². The molecule has 3 nitrogen and oxygen atoms in total. The molecule has 3 heteroatoms. The van der Waals surface area contributed by atoms with Crippen LogP contribution in [0.5, 0.6) is 0 Å². The largest absolute Gasteiger partial charge is 0.379 e. The van der Waals surface area contributed by atoms with Crippen LogP contribution in [0.25, 0.3) is 0 Å². The fourth-order valence-corrected chi connectivity index (χ4v) is 4.02. The van der Waals surface area contributed by atoms with Gasteiger partial charge in [0.15, 0.2) is 0 Å². The van der Waals surface area contributed by atoms with Gasteiger partial charge in [-0.05, 0) is 19.3 Å². The number of likely N-dealkylation sites (tertiary alicyclic amines) is 1. The molecule has 2 N–H and O–H groups in total. The van der Waals surface area contributed by atoms with Gasteiger partial charge in [0.2, 0.25) is 0 Å². The van der Waals surface area contributed by atoms with Crippen LogP contribution >= 0.6 is 0 Å². The first-order valence-electron chi connectivity index (χ1n) is 10.7. The van der Waals surface area contributed by atoms with Crippen LogP contribution in [0.3, 0.4) is 0 Å². The van der Waals surface area contributed by atoms with E-state index in [9.17, 15) is 0 Å². The van der Waals surface area contributed by atoms with Crippen molar-refractivity contribution in [1.82, 2.24) is 4.90 Å². The molecule has 0 aromatic heterocycles. The number of nitrogens with zero attached hydrogens (tertiary/aromatic N) is 1. The first kappa shape index (κ1) is 21.9. The maximum atomic E-state index is 6.21. The molecule has 0 aliphatic carbocycles. The van der Waals surface area contributed by atoms with Crippen molar-refractivity contribution in [3.8, 4) is 0 Å².